The first kappa shape index (κ1) is 91.3. The lowest BCUT2D eigenvalue weighted by atomic mass is 9.93. The predicted octanol–water partition coefficient (Wildman–Crippen LogP) is 24.7. The van der Waals surface area contributed by atoms with Crippen molar-refractivity contribution in [2.45, 2.75) is 204 Å². The van der Waals surface area contributed by atoms with E-state index in [2.05, 4.69) is 180 Å². The Morgan fingerprint density at radius 1 is 0.270 bits per heavy atom. The lowest BCUT2D eigenvalue weighted by Gasteiger charge is -2.14. The van der Waals surface area contributed by atoms with Crippen molar-refractivity contribution < 1.29 is 44.8 Å². The van der Waals surface area contributed by atoms with Gasteiger partial charge in [0.15, 0.2) is 27.6 Å². The van der Waals surface area contributed by atoms with Gasteiger partial charge in [0.25, 0.3) is 31.6 Å². The minimum Gasteiger partial charge on any atom is -0.232 e. The lowest BCUT2D eigenvalue weighted by Crippen LogP contribution is -2.32. The summed E-state index contributed by atoms with van der Waals surface area (Å²) in [6.07, 6.45) is 11.3. The first-order chi connectivity index (χ1) is 57.5. The van der Waals surface area contributed by atoms with E-state index < -0.39 is 0 Å². The van der Waals surface area contributed by atoms with Crippen LogP contribution in [0.1, 0.15) is 198 Å². The molecule has 0 aliphatic heterocycles. The van der Waals surface area contributed by atoms with Crippen LogP contribution < -0.4 is 22.8 Å². The van der Waals surface area contributed by atoms with Gasteiger partial charge in [-0.25, -0.2) is 44.8 Å². The van der Waals surface area contributed by atoms with E-state index in [1.165, 1.54) is 27.8 Å². The number of aryl methyl sites for hydroxylation is 10. The molecule has 0 saturated heterocycles. The highest BCUT2D eigenvalue weighted by Crippen LogP contribution is 2.40. The molecule has 15 rings (SSSR count). The third-order valence-corrected chi connectivity index (χ3v) is 24.7. The van der Waals surface area contributed by atoms with E-state index in [1.54, 1.807) is 0 Å². The molecule has 10 nitrogen and oxygen atoms in total. The molecular weight excluding hydrogens is 1520 g/mol. The van der Waals surface area contributed by atoms with Gasteiger partial charge in [-0.15, -0.1) is 0 Å². The zero-order valence-corrected chi connectivity index (χ0v) is 77.6. The van der Waals surface area contributed by atoms with Gasteiger partial charge in [-0.3, -0.25) is 0 Å². The number of halogens is 5. The molecule has 15 aromatic rings. The number of para-hydroxylation sites is 2. The summed E-state index contributed by atoms with van der Waals surface area (Å²) in [5.74, 6) is 1.95. The molecule has 0 radical (unpaired) electrons. The molecule has 5 heterocycles. The fourth-order valence-corrected chi connectivity index (χ4v) is 16.9. The average molecular weight is 1650 g/mol. The molecule has 10 aromatic carbocycles. The molecule has 0 aliphatic rings. The number of benzene rings is 10. The lowest BCUT2D eigenvalue weighted by molar-refractivity contribution is -0.662. The minimum absolute atomic E-state index is 0.109. The molecule has 0 amide bonds. The van der Waals surface area contributed by atoms with Crippen LogP contribution in [0.15, 0.2) is 153 Å². The highest BCUT2D eigenvalue weighted by atomic mass is 19.1. The van der Waals surface area contributed by atoms with Gasteiger partial charge in [0.05, 0.1) is 62.2 Å². The molecule has 15 heteroatoms. The number of rotatable bonds is 12. The van der Waals surface area contributed by atoms with Gasteiger partial charge >= 0.3 is 0 Å². The van der Waals surface area contributed by atoms with Gasteiger partial charge in [0.1, 0.15) is 57.6 Å². The van der Waals surface area contributed by atoms with Crippen molar-refractivity contribution in [2.75, 3.05) is 0 Å². The summed E-state index contributed by atoms with van der Waals surface area (Å²) in [5.41, 5.74) is 34.1. The first-order valence-electron chi connectivity index (χ1n) is 42.8. The monoisotopic (exact) mass is 1640 g/mol. The predicted molar refractivity (Wildman–Crippen MR) is 492 cm³/mol. The van der Waals surface area contributed by atoms with Crippen molar-refractivity contribution in [3.8, 4) is 56.3 Å². The molecule has 0 unspecified atom stereocenters. The summed E-state index contributed by atoms with van der Waals surface area (Å²) in [7, 11) is 9.99. The van der Waals surface area contributed by atoms with Gasteiger partial charge in [-0.1, -0.05) is 112 Å². The van der Waals surface area contributed by atoms with Crippen LogP contribution in [0.2, 0.25) is 0 Å². The third kappa shape index (κ3) is 18.5. The minimum atomic E-state index is -0.112. The molecule has 0 bridgehead atoms. The van der Waals surface area contributed by atoms with Crippen molar-refractivity contribution in [1.82, 2.24) is 24.9 Å². The third-order valence-electron chi connectivity index (χ3n) is 24.7. The quantitative estimate of drug-likeness (QED) is 0.0899. The summed E-state index contributed by atoms with van der Waals surface area (Å²) in [6.45, 7) is 50.4. The molecule has 0 atom stereocenters. The van der Waals surface area contributed by atoms with Crippen LogP contribution in [-0.4, -0.2) is 24.9 Å². The number of hydrogen-bond acceptors (Lipinski definition) is 5. The van der Waals surface area contributed by atoms with Crippen molar-refractivity contribution in [3.63, 3.8) is 0 Å². The maximum atomic E-state index is 14.3. The van der Waals surface area contributed by atoms with E-state index in [0.29, 0.717) is 63.0 Å². The smallest absolute Gasteiger partial charge is 0.232 e. The standard InChI is InChI=1S/2C22H26FN2.3C21H24FN2/c1-13(2)9-17-7-8-18-20(11-17)24-12-25(6)22(18)19-10-14(3)21(23)16(5)15(19)4;1-13(2)10-17-8-7-9-18-21(17)24-12-25(6)22(18)19-11-14(3)20(23)16(5)15(19)4;1-12(2)16-7-8-19-18(10-16)21(24(6)11-23-19)17-9-13(3)20(22)15(5)14(17)4;1-12(2)16-7-8-17-19(10-16)23-11-24(6)21(17)18-9-13(3)20(22)15(5)14(18)4;1-12(2)16-8-7-9-17-20(16)23-11-24(6)21(17)18-10-13(3)19(22)15(5)14(18)4/h7-8,10-13H,9H2,1-6H3;7-9,11-13H,10H2,1-6H3;3*7-12H,1-6H3/q5*+1. The van der Waals surface area contributed by atoms with Crippen LogP contribution in [0.3, 0.4) is 0 Å². The Morgan fingerprint density at radius 3 is 0.959 bits per heavy atom. The maximum absolute atomic E-state index is 14.3. The van der Waals surface area contributed by atoms with E-state index in [1.807, 2.05) is 224 Å². The fraction of sp³-hybridized carbons (Fsp3) is 0.346. The second kappa shape index (κ2) is 37.5. The Hall–Kier alpha value is -11.5. The largest absolute Gasteiger partial charge is 0.287 e. The Bertz CT molecular complexity index is 6500. The van der Waals surface area contributed by atoms with Crippen molar-refractivity contribution in [2.24, 2.45) is 47.1 Å². The summed E-state index contributed by atoms with van der Waals surface area (Å²) in [5, 5.41) is 5.54. The second-order valence-corrected chi connectivity index (χ2v) is 35.7. The normalized spacial score (nSPS) is 11.5. The van der Waals surface area contributed by atoms with Crippen LogP contribution in [0.4, 0.5) is 22.0 Å². The molecule has 122 heavy (non-hydrogen) atoms. The van der Waals surface area contributed by atoms with Gasteiger partial charge in [0.2, 0.25) is 0 Å². The Balaban J connectivity index is 0.000000149. The van der Waals surface area contributed by atoms with Crippen LogP contribution >= 0.6 is 0 Å². The average Bonchev–Trinajstić information content (AvgIpc) is 0.781. The molecule has 632 valence electrons. The van der Waals surface area contributed by atoms with Crippen LogP contribution in [0.25, 0.3) is 111 Å². The fourth-order valence-electron chi connectivity index (χ4n) is 16.9. The van der Waals surface area contributed by atoms with E-state index in [9.17, 15) is 22.0 Å². The van der Waals surface area contributed by atoms with E-state index in [4.69, 9.17) is 4.98 Å². The Morgan fingerprint density at radius 2 is 0.582 bits per heavy atom. The van der Waals surface area contributed by atoms with Gasteiger partial charge in [0, 0.05) is 38.9 Å². The molecule has 0 fully saturated rings. The van der Waals surface area contributed by atoms with Gasteiger partial charge in [-0.2, -0.15) is 0 Å². The van der Waals surface area contributed by atoms with E-state index in [0.717, 1.165) is 174 Å². The van der Waals surface area contributed by atoms with Gasteiger partial charge < -0.3 is 0 Å². The summed E-state index contributed by atoms with van der Waals surface area (Å²) in [6, 6.07) is 41.9. The maximum Gasteiger partial charge on any atom is 0.287 e. The van der Waals surface area contributed by atoms with Crippen molar-refractivity contribution >= 4 is 54.5 Å². The summed E-state index contributed by atoms with van der Waals surface area (Å²) >= 11 is 0. The van der Waals surface area contributed by atoms with Crippen molar-refractivity contribution in [3.05, 3.63) is 293 Å². The molecule has 0 N–H and O–H groups in total. The Kier molecular flexibility index (Phi) is 28.1. The van der Waals surface area contributed by atoms with Crippen LogP contribution in [-0.2, 0) is 48.1 Å². The molecule has 0 saturated carbocycles. The number of hydrogen-bond donors (Lipinski definition) is 0. The number of aromatic nitrogens is 10. The highest BCUT2D eigenvalue weighted by Gasteiger charge is 2.28. The number of nitrogens with zero attached hydrogens (tertiary/aromatic N) is 10. The SMILES string of the molecule is Cc1cc(-c2c3cc(C(C)C)ccc3nc[n+]2C)c(C)c(C)c1F.Cc1cc(-c2c3ccc(C(C)C)cc3nc[n+]2C)c(C)c(C)c1F.Cc1cc(-c2c3ccc(CC(C)C)cc3nc[n+]2C)c(C)c(C)c1F.Cc1cc(-c2c3cccc(C(C)C)c3nc[n+]2C)c(C)c(C)c1F.Cc1cc(-c2c3cccc(CC(C)C)c3nc[n+]2C)c(C)c(C)c1F. The summed E-state index contributed by atoms with van der Waals surface area (Å²) < 4.78 is 81.4. The molecule has 0 spiro atoms. The zero-order chi connectivity index (χ0) is 89.4. The summed E-state index contributed by atoms with van der Waals surface area (Å²) in [4.78, 5) is 23.1. The zero-order valence-electron chi connectivity index (χ0n) is 77.6. The Labute approximate surface area is 720 Å². The van der Waals surface area contributed by atoms with E-state index in [-0.39, 0.29) is 29.1 Å². The van der Waals surface area contributed by atoms with Crippen LogP contribution in [0.5, 0.6) is 0 Å². The van der Waals surface area contributed by atoms with Gasteiger partial charge in [-0.05, 0) is 350 Å². The van der Waals surface area contributed by atoms with E-state index >= 15 is 0 Å². The molecular formula is C107H124F5N10+5. The molecule has 0 aliphatic carbocycles. The second-order valence-electron chi connectivity index (χ2n) is 35.7. The van der Waals surface area contributed by atoms with Crippen LogP contribution in [0, 0.1) is 145 Å². The molecule has 5 aromatic heterocycles. The first-order valence-corrected chi connectivity index (χ1v) is 42.8. The topological polar surface area (TPSA) is 83.8 Å². The highest BCUT2D eigenvalue weighted by molar-refractivity contribution is 5.97. The number of fused-ring (bicyclic) bond motifs is 5. The van der Waals surface area contributed by atoms with Crippen molar-refractivity contribution in [1.29, 1.82) is 0 Å².